The molecule has 17 heavy (non-hydrogen) atoms. The van der Waals surface area contributed by atoms with Gasteiger partial charge in [0.15, 0.2) is 0 Å². The third-order valence-corrected chi connectivity index (χ3v) is 2.73. The third-order valence-electron chi connectivity index (χ3n) is 2.73. The third kappa shape index (κ3) is 2.53. The van der Waals surface area contributed by atoms with Crippen LogP contribution in [0.1, 0.15) is 12.5 Å². The molecule has 2 rings (SSSR count). The number of rotatable bonds is 4. The van der Waals surface area contributed by atoms with Crippen molar-refractivity contribution < 1.29 is 4.39 Å². The summed E-state index contributed by atoms with van der Waals surface area (Å²) in [5.74, 6) is -0.170. The van der Waals surface area contributed by atoms with E-state index in [2.05, 4.69) is 10.4 Å². The van der Waals surface area contributed by atoms with Gasteiger partial charge in [0.1, 0.15) is 5.82 Å². The fraction of sp³-hybridized carbons (Fsp3) is 0.308. The summed E-state index contributed by atoms with van der Waals surface area (Å²) in [6.07, 6.45) is 1.74. The molecule has 0 unspecified atom stereocenters. The fourth-order valence-electron chi connectivity index (χ4n) is 1.79. The van der Waals surface area contributed by atoms with Crippen molar-refractivity contribution in [2.24, 2.45) is 7.05 Å². The molecule has 0 saturated carbocycles. The normalized spacial score (nSPS) is 10.8. The van der Waals surface area contributed by atoms with E-state index < -0.39 is 0 Å². The summed E-state index contributed by atoms with van der Waals surface area (Å²) in [5, 5.41) is 7.24. The van der Waals surface area contributed by atoms with Gasteiger partial charge in [0.25, 0.3) is 0 Å². The Morgan fingerprint density at radius 1 is 1.35 bits per heavy atom. The molecule has 0 atom stereocenters. The van der Waals surface area contributed by atoms with E-state index in [9.17, 15) is 4.39 Å². The second-order valence-corrected chi connectivity index (χ2v) is 3.93. The number of hydrogen-bond acceptors (Lipinski definition) is 2. The molecule has 0 aliphatic carbocycles. The van der Waals surface area contributed by atoms with Gasteiger partial charge in [0, 0.05) is 30.9 Å². The first-order chi connectivity index (χ1) is 8.22. The standard InChI is InChI=1S/C13H16FN3/c1-3-15-9-11-8-10(4-5-12(11)14)13-6-7-16-17(13)2/h4-8,15H,3,9H2,1-2H3. The Bertz CT molecular complexity index is 505. The van der Waals surface area contributed by atoms with Crippen molar-refractivity contribution in [3.63, 3.8) is 0 Å². The molecule has 0 amide bonds. The monoisotopic (exact) mass is 233 g/mol. The van der Waals surface area contributed by atoms with Gasteiger partial charge in [0.2, 0.25) is 0 Å². The average Bonchev–Trinajstić information content (AvgIpc) is 2.75. The van der Waals surface area contributed by atoms with E-state index >= 15 is 0 Å². The van der Waals surface area contributed by atoms with E-state index in [1.54, 1.807) is 16.9 Å². The van der Waals surface area contributed by atoms with E-state index in [0.29, 0.717) is 12.1 Å². The van der Waals surface area contributed by atoms with Crippen LogP contribution in [0.4, 0.5) is 4.39 Å². The first kappa shape index (κ1) is 11.8. The summed E-state index contributed by atoms with van der Waals surface area (Å²) in [4.78, 5) is 0. The largest absolute Gasteiger partial charge is 0.313 e. The van der Waals surface area contributed by atoms with Crippen LogP contribution in [0.25, 0.3) is 11.3 Å². The zero-order chi connectivity index (χ0) is 12.3. The predicted octanol–water partition coefficient (Wildman–Crippen LogP) is 2.34. The summed E-state index contributed by atoms with van der Waals surface area (Å²) in [7, 11) is 1.88. The van der Waals surface area contributed by atoms with E-state index in [0.717, 1.165) is 17.8 Å². The molecule has 0 aliphatic rings. The highest BCUT2D eigenvalue weighted by molar-refractivity contribution is 5.60. The molecule has 0 saturated heterocycles. The highest BCUT2D eigenvalue weighted by Crippen LogP contribution is 2.21. The number of halogens is 1. The smallest absolute Gasteiger partial charge is 0.127 e. The van der Waals surface area contributed by atoms with Gasteiger partial charge in [0.05, 0.1) is 5.69 Å². The Balaban J connectivity index is 2.34. The summed E-state index contributed by atoms with van der Waals surface area (Å²) < 4.78 is 15.4. The Labute approximate surface area is 100 Å². The van der Waals surface area contributed by atoms with Crippen LogP contribution in [0.2, 0.25) is 0 Å². The lowest BCUT2D eigenvalue weighted by molar-refractivity contribution is 0.593. The molecule has 1 heterocycles. The fourth-order valence-corrected chi connectivity index (χ4v) is 1.79. The van der Waals surface area contributed by atoms with Gasteiger partial charge >= 0.3 is 0 Å². The van der Waals surface area contributed by atoms with Gasteiger partial charge in [-0.1, -0.05) is 6.92 Å². The number of nitrogens with one attached hydrogen (secondary N) is 1. The molecule has 3 nitrogen and oxygen atoms in total. The van der Waals surface area contributed by atoms with Gasteiger partial charge in [-0.2, -0.15) is 5.10 Å². The van der Waals surface area contributed by atoms with Crippen molar-refractivity contribution in [2.75, 3.05) is 6.54 Å². The molecule has 0 aliphatic heterocycles. The molecule has 4 heteroatoms. The Kier molecular flexibility index (Phi) is 3.54. The molecule has 0 fully saturated rings. The van der Waals surface area contributed by atoms with Gasteiger partial charge in [-0.25, -0.2) is 4.39 Å². The predicted molar refractivity (Wildman–Crippen MR) is 66.0 cm³/mol. The maximum Gasteiger partial charge on any atom is 0.127 e. The van der Waals surface area contributed by atoms with E-state index in [4.69, 9.17) is 0 Å². The van der Waals surface area contributed by atoms with Gasteiger partial charge in [-0.3, -0.25) is 4.68 Å². The second kappa shape index (κ2) is 5.10. The molecule has 2 aromatic rings. The molecular formula is C13H16FN3. The van der Waals surface area contributed by atoms with Crippen LogP contribution in [0, 0.1) is 5.82 Å². The quantitative estimate of drug-likeness (QED) is 0.878. The van der Waals surface area contributed by atoms with Crippen molar-refractivity contribution in [1.82, 2.24) is 15.1 Å². The molecular weight excluding hydrogens is 217 g/mol. The molecule has 1 N–H and O–H groups in total. The molecule has 1 aromatic heterocycles. The molecule has 0 spiro atoms. The van der Waals surface area contributed by atoms with Crippen molar-refractivity contribution in [3.05, 3.63) is 41.8 Å². The van der Waals surface area contributed by atoms with Crippen LogP contribution in [0.5, 0.6) is 0 Å². The maximum atomic E-state index is 13.6. The lowest BCUT2D eigenvalue weighted by Crippen LogP contribution is -2.13. The van der Waals surface area contributed by atoms with Gasteiger partial charge < -0.3 is 5.32 Å². The maximum absolute atomic E-state index is 13.6. The second-order valence-electron chi connectivity index (χ2n) is 3.93. The van der Waals surface area contributed by atoms with Crippen LogP contribution >= 0.6 is 0 Å². The average molecular weight is 233 g/mol. The van der Waals surface area contributed by atoms with Crippen LogP contribution in [-0.4, -0.2) is 16.3 Å². The number of aryl methyl sites for hydroxylation is 1. The van der Waals surface area contributed by atoms with Gasteiger partial charge in [-0.05, 0) is 30.8 Å². The molecule has 0 radical (unpaired) electrons. The number of hydrogen-bond donors (Lipinski definition) is 1. The Morgan fingerprint density at radius 2 is 2.18 bits per heavy atom. The number of benzene rings is 1. The number of aromatic nitrogens is 2. The highest BCUT2D eigenvalue weighted by atomic mass is 19.1. The summed E-state index contributed by atoms with van der Waals surface area (Å²) in [6, 6.07) is 7.08. The van der Waals surface area contributed by atoms with E-state index in [-0.39, 0.29) is 5.82 Å². The van der Waals surface area contributed by atoms with Gasteiger partial charge in [-0.15, -0.1) is 0 Å². The summed E-state index contributed by atoms with van der Waals surface area (Å²) >= 11 is 0. The summed E-state index contributed by atoms with van der Waals surface area (Å²) in [6.45, 7) is 3.38. The van der Waals surface area contributed by atoms with Crippen molar-refractivity contribution in [1.29, 1.82) is 0 Å². The van der Waals surface area contributed by atoms with E-state index in [1.807, 2.05) is 26.1 Å². The zero-order valence-corrected chi connectivity index (χ0v) is 10.1. The van der Waals surface area contributed by atoms with Crippen LogP contribution in [0.15, 0.2) is 30.5 Å². The Hall–Kier alpha value is -1.68. The first-order valence-electron chi connectivity index (χ1n) is 5.70. The summed E-state index contributed by atoms with van der Waals surface area (Å²) in [5.41, 5.74) is 2.66. The van der Waals surface area contributed by atoms with Crippen LogP contribution in [0.3, 0.4) is 0 Å². The molecule has 1 aromatic carbocycles. The minimum atomic E-state index is -0.170. The van der Waals surface area contributed by atoms with E-state index in [1.165, 1.54) is 6.07 Å². The van der Waals surface area contributed by atoms with Crippen LogP contribution in [-0.2, 0) is 13.6 Å². The Morgan fingerprint density at radius 3 is 2.82 bits per heavy atom. The highest BCUT2D eigenvalue weighted by Gasteiger charge is 2.07. The number of nitrogens with zero attached hydrogens (tertiary/aromatic N) is 2. The topological polar surface area (TPSA) is 29.9 Å². The van der Waals surface area contributed by atoms with Crippen LogP contribution < -0.4 is 5.32 Å². The van der Waals surface area contributed by atoms with Crippen molar-refractivity contribution >= 4 is 0 Å². The lowest BCUT2D eigenvalue weighted by atomic mass is 10.1. The van der Waals surface area contributed by atoms with Crippen molar-refractivity contribution in [3.8, 4) is 11.3 Å². The molecule has 90 valence electrons. The SMILES string of the molecule is CCNCc1cc(-c2ccnn2C)ccc1F. The first-order valence-corrected chi connectivity index (χ1v) is 5.70. The zero-order valence-electron chi connectivity index (χ0n) is 10.1. The lowest BCUT2D eigenvalue weighted by Gasteiger charge is -2.07. The molecule has 0 bridgehead atoms. The van der Waals surface area contributed by atoms with Crippen molar-refractivity contribution in [2.45, 2.75) is 13.5 Å². The minimum Gasteiger partial charge on any atom is -0.313 e. The minimum absolute atomic E-state index is 0.170.